The second kappa shape index (κ2) is 6.32. The van der Waals surface area contributed by atoms with Gasteiger partial charge < -0.3 is 5.73 Å². The summed E-state index contributed by atoms with van der Waals surface area (Å²) in [6.07, 6.45) is -9.69. The highest BCUT2D eigenvalue weighted by atomic mass is 19.4. The Morgan fingerprint density at radius 3 is 2.21 bits per heavy atom. The molecule has 0 spiro atoms. The first-order valence-electron chi connectivity index (χ1n) is 6.55. The first-order chi connectivity index (χ1) is 10.7. The van der Waals surface area contributed by atoms with Crippen LogP contribution in [-0.4, -0.2) is 31.7 Å². The van der Waals surface area contributed by atoms with Gasteiger partial charge in [-0.1, -0.05) is 0 Å². The first kappa shape index (κ1) is 19.8. The van der Waals surface area contributed by atoms with Crippen molar-refractivity contribution in [1.82, 2.24) is 4.48 Å². The number of amides is 1. The standard InChI is InChI=1S/C14H13F6N3O/c1-8(12(22)24)23(2,7-13(15,16)17)10-4-3-9(6-21)11(5-10)14(18,19)20/h3-5,8H,7H2,1-2H3,(H-,22,24)/p+1/t8-,23?/m0/s1. The molecular formula is C14H14F6N3O+. The number of nitriles is 1. The van der Waals surface area contributed by atoms with Gasteiger partial charge in [0.25, 0.3) is 5.91 Å². The van der Waals surface area contributed by atoms with Crippen LogP contribution in [0.15, 0.2) is 18.2 Å². The Bertz CT molecular complexity index is 677. The van der Waals surface area contributed by atoms with E-state index in [1.165, 1.54) is 6.07 Å². The van der Waals surface area contributed by atoms with Crippen molar-refractivity contribution < 1.29 is 31.1 Å². The van der Waals surface area contributed by atoms with Gasteiger partial charge in [-0.15, -0.1) is 0 Å². The van der Waals surface area contributed by atoms with Crippen molar-refractivity contribution in [3.05, 3.63) is 29.3 Å². The van der Waals surface area contributed by atoms with Gasteiger partial charge in [-0.2, -0.15) is 31.6 Å². The topological polar surface area (TPSA) is 66.9 Å². The van der Waals surface area contributed by atoms with Crippen LogP contribution in [0.5, 0.6) is 0 Å². The van der Waals surface area contributed by atoms with Gasteiger partial charge in [0, 0.05) is 12.1 Å². The summed E-state index contributed by atoms with van der Waals surface area (Å²) >= 11 is 0. The zero-order valence-electron chi connectivity index (χ0n) is 12.7. The van der Waals surface area contributed by atoms with Crippen LogP contribution in [0.4, 0.5) is 32.0 Å². The summed E-state index contributed by atoms with van der Waals surface area (Å²) in [5.74, 6) is -1.10. The molecule has 1 aromatic carbocycles. The lowest BCUT2D eigenvalue weighted by Gasteiger charge is -2.38. The molecule has 0 fully saturated rings. The van der Waals surface area contributed by atoms with E-state index >= 15 is 0 Å². The Hall–Kier alpha value is -2.28. The molecule has 10 heteroatoms. The smallest absolute Gasteiger partial charge is 0.365 e. The van der Waals surface area contributed by atoms with Gasteiger partial charge in [0.05, 0.1) is 24.2 Å². The molecule has 0 aliphatic carbocycles. The van der Waals surface area contributed by atoms with Crippen molar-refractivity contribution in [2.24, 2.45) is 5.73 Å². The summed E-state index contributed by atoms with van der Waals surface area (Å²) in [4.78, 5) is 11.4. The van der Waals surface area contributed by atoms with E-state index in [0.717, 1.165) is 26.1 Å². The SMILES string of the molecule is C[C@@H](C(N)=O)[N+](C)(CC(F)(F)F)c1ccc(C#N)c(C(F)(F)F)c1. The largest absolute Gasteiger partial charge is 0.438 e. The van der Waals surface area contributed by atoms with Gasteiger partial charge in [0.15, 0.2) is 12.6 Å². The predicted molar refractivity (Wildman–Crippen MR) is 73.5 cm³/mol. The quantitative estimate of drug-likeness (QED) is 0.667. The van der Waals surface area contributed by atoms with E-state index in [2.05, 4.69) is 0 Å². The summed E-state index contributed by atoms with van der Waals surface area (Å²) in [6, 6.07) is 2.08. The number of primary amides is 1. The number of nitrogens with two attached hydrogens (primary N) is 1. The molecule has 1 amide bonds. The Morgan fingerprint density at radius 1 is 1.29 bits per heavy atom. The lowest BCUT2D eigenvalue weighted by Crippen LogP contribution is -2.61. The highest BCUT2D eigenvalue weighted by molar-refractivity contribution is 5.82. The minimum absolute atomic E-state index is 0.426. The van der Waals surface area contributed by atoms with Gasteiger partial charge in [-0.3, -0.25) is 9.28 Å². The number of hydrogen-bond donors (Lipinski definition) is 1. The monoisotopic (exact) mass is 354 g/mol. The lowest BCUT2D eigenvalue weighted by atomic mass is 10.0. The average Bonchev–Trinajstić information content (AvgIpc) is 2.42. The van der Waals surface area contributed by atoms with Crippen molar-refractivity contribution in [3.63, 3.8) is 0 Å². The summed E-state index contributed by atoms with van der Waals surface area (Å²) in [5.41, 5.74) is 2.54. The van der Waals surface area contributed by atoms with E-state index in [-0.39, 0.29) is 0 Å². The van der Waals surface area contributed by atoms with Crippen LogP contribution >= 0.6 is 0 Å². The molecular weight excluding hydrogens is 340 g/mol. The number of carbonyl (C=O) groups excluding carboxylic acids is 1. The number of carbonyl (C=O) groups is 1. The van der Waals surface area contributed by atoms with E-state index in [1.807, 2.05) is 0 Å². The number of rotatable bonds is 4. The lowest BCUT2D eigenvalue weighted by molar-refractivity contribution is -0.148. The third-order valence-corrected chi connectivity index (χ3v) is 3.79. The Balaban J connectivity index is 3.61. The van der Waals surface area contributed by atoms with Gasteiger partial charge in [-0.05, 0) is 13.0 Å². The van der Waals surface area contributed by atoms with Gasteiger partial charge in [-0.25, -0.2) is 0 Å². The highest BCUT2D eigenvalue weighted by Crippen LogP contribution is 2.37. The van der Waals surface area contributed by atoms with Crippen LogP contribution in [0, 0.1) is 11.3 Å². The van der Waals surface area contributed by atoms with E-state index in [9.17, 15) is 31.1 Å². The molecule has 2 N–H and O–H groups in total. The number of alkyl halides is 6. The van der Waals surface area contributed by atoms with Crippen LogP contribution in [0.25, 0.3) is 0 Å². The Kier molecular flexibility index (Phi) is 5.20. The number of hydrogen-bond acceptors (Lipinski definition) is 2. The Morgan fingerprint density at radius 2 is 1.83 bits per heavy atom. The summed E-state index contributed by atoms with van der Waals surface area (Å²) < 4.78 is 76.6. The molecule has 132 valence electrons. The fourth-order valence-electron chi connectivity index (χ4n) is 2.29. The second-order valence-electron chi connectivity index (χ2n) is 5.46. The third-order valence-electron chi connectivity index (χ3n) is 3.79. The number of nitrogens with zero attached hydrogens (tertiary/aromatic N) is 2. The molecule has 1 aromatic rings. The number of likely N-dealkylation sites (N-methyl/N-ethyl adjacent to an activating group) is 1. The molecule has 0 aliphatic rings. The molecule has 0 saturated carbocycles. The number of quaternary nitrogens is 1. The predicted octanol–water partition coefficient (Wildman–Crippen LogP) is 2.95. The van der Waals surface area contributed by atoms with Crippen LogP contribution < -0.4 is 10.2 Å². The zero-order chi connectivity index (χ0) is 18.9. The van der Waals surface area contributed by atoms with Gasteiger partial charge in [0.1, 0.15) is 5.69 Å². The molecule has 1 unspecified atom stereocenters. The summed E-state index contributed by atoms with van der Waals surface area (Å²) in [7, 11) is 0.963. The highest BCUT2D eigenvalue weighted by Gasteiger charge is 2.47. The maximum Gasteiger partial charge on any atom is 0.438 e. The van der Waals surface area contributed by atoms with E-state index in [0.29, 0.717) is 6.07 Å². The normalized spacial score (nSPS) is 16.1. The van der Waals surface area contributed by atoms with Crippen molar-refractivity contribution in [2.45, 2.75) is 25.3 Å². The average molecular weight is 354 g/mol. The number of halogens is 6. The van der Waals surface area contributed by atoms with Crippen molar-refractivity contribution >= 4 is 11.6 Å². The van der Waals surface area contributed by atoms with E-state index in [4.69, 9.17) is 11.0 Å². The zero-order valence-corrected chi connectivity index (χ0v) is 12.7. The van der Waals surface area contributed by atoms with Crippen LogP contribution in [-0.2, 0) is 11.0 Å². The molecule has 0 aromatic heterocycles. The molecule has 0 radical (unpaired) electrons. The maximum absolute atomic E-state index is 13.0. The van der Waals surface area contributed by atoms with Crippen molar-refractivity contribution in [2.75, 3.05) is 13.6 Å². The van der Waals surface area contributed by atoms with Crippen molar-refractivity contribution in [3.8, 4) is 6.07 Å². The second-order valence-corrected chi connectivity index (χ2v) is 5.46. The molecule has 24 heavy (non-hydrogen) atoms. The molecule has 0 saturated heterocycles. The molecule has 0 heterocycles. The fourth-order valence-corrected chi connectivity index (χ4v) is 2.29. The number of benzene rings is 1. The fraction of sp³-hybridized carbons (Fsp3) is 0.429. The molecule has 2 atom stereocenters. The van der Waals surface area contributed by atoms with Crippen LogP contribution in [0.3, 0.4) is 0 Å². The van der Waals surface area contributed by atoms with Crippen LogP contribution in [0.2, 0.25) is 0 Å². The van der Waals surface area contributed by atoms with Gasteiger partial charge in [0.2, 0.25) is 0 Å². The van der Waals surface area contributed by atoms with E-state index < -0.39 is 52.1 Å². The van der Waals surface area contributed by atoms with Crippen molar-refractivity contribution in [1.29, 1.82) is 5.26 Å². The maximum atomic E-state index is 13.0. The van der Waals surface area contributed by atoms with Gasteiger partial charge >= 0.3 is 12.4 Å². The first-order valence-corrected chi connectivity index (χ1v) is 6.55. The Labute approximate surface area is 133 Å². The van der Waals surface area contributed by atoms with Crippen LogP contribution in [0.1, 0.15) is 18.1 Å². The molecule has 0 bridgehead atoms. The third kappa shape index (κ3) is 4.17. The molecule has 1 rings (SSSR count). The summed E-state index contributed by atoms with van der Waals surface area (Å²) in [5, 5.41) is 8.75. The molecule has 0 aliphatic heterocycles. The van der Waals surface area contributed by atoms with E-state index in [1.54, 1.807) is 0 Å². The molecule has 4 nitrogen and oxygen atoms in total. The minimum atomic E-state index is -4.93. The minimum Gasteiger partial charge on any atom is -0.365 e. The summed E-state index contributed by atoms with van der Waals surface area (Å²) in [6.45, 7) is -0.500.